The molecule has 0 bridgehead atoms. The fourth-order valence-electron chi connectivity index (χ4n) is 4.30. The Morgan fingerprint density at radius 1 is 0.660 bits per heavy atom. The van der Waals surface area contributed by atoms with E-state index < -0.39 is 36.8 Å². The first-order valence-electron chi connectivity index (χ1n) is 15.7. The molecule has 2 saturated carbocycles. The summed E-state index contributed by atoms with van der Waals surface area (Å²) in [5.74, 6) is 1.69. The van der Waals surface area contributed by atoms with Crippen LogP contribution in [-0.4, -0.2) is 127 Å². The van der Waals surface area contributed by atoms with Crippen molar-refractivity contribution >= 4 is 18.5 Å². The van der Waals surface area contributed by atoms with Gasteiger partial charge in [-0.3, -0.25) is 0 Å². The Hall–Kier alpha value is -2.43. The van der Waals surface area contributed by atoms with E-state index in [1.165, 1.54) is 13.8 Å². The van der Waals surface area contributed by atoms with E-state index in [0.717, 1.165) is 51.4 Å². The highest BCUT2D eigenvalue weighted by Crippen LogP contribution is 2.29. The third-order valence-electron chi connectivity index (χ3n) is 7.11. The lowest BCUT2D eigenvalue weighted by molar-refractivity contribution is -0.0237. The Bertz CT molecular complexity index is 729. The van der Waals surface area contributed by atoms with E-state index in [1.807, 2.05) is 0 Å². The molecule has 3 atom stereocenters. The lowest BCUT2D eigenvalue weighted by Crippen LogP contribution is -2.26. The maximum atomic E-state index is 11.5. The third kappa shape index (κ3) is 28.3. The number of aliphatic hydroxyl groups is 6. The van der Waals surface area contributed by atoms with Gasteiger partial charge in [0.15, 0.2) is 0 Å². The van der Waals surface area contributed by atoms with Gasteiger partial charge < -0.3 is 59.1 Å². The Kier molecular flexibility index (Phi) is 32.2. The summed E-state index contributed by atoms with van der Waals surface area (Å²) in [7, 11) is 0. The number of hydrogen-bond acceptors (Lipinski definition) is 15. The molecule has 0 aromatic rings. The molecule has 3 aliphatic rings. The molecular weight excluding hydrogens is 624 g/mol. The molecule has 1 aliphatic heterocycles. The van der Waals surface area contributed by atoms with Crippen molar-refractivity contribution in [3.8, 4) is 0 Å². The van der Waals surface area contributed by atoms with Crippen LogP contribution in [0.3, 0.4) is 0 Å². The number of carbonyl (C=O) groups excluding carboxylic acids is 3. The average molecular weight is 689 g/mol. The quantitative estimate of drug-likeness (QED) is 0.135. The second kappa shape index (κ2) is 30.9. The molecule has 0 aromatic heterocycles. The average Bonchev–Trinajstić information content (AvgIpc) is 3.53. The molecule has 1 saturated heterocycles. The SMILES string of the molecule is C.C.CC(O)CO.CC(O)COC(=O)OC(C)COC(=O)OCC1CCC(CO)CC1.O=C1OCCO1.OCC1CCC(CO)CC1. The molecule has 0 aromatic carbocycles. The minimum absolute atomic E-state index is 0. The van der Waals surface area contributed by atoms with Crippen LogP contribution in [-0.2, 0) is 28.4 Å². The zero-order valence-electron chi connectivity index (χ0n) is 26.9. The zero-order chi connectivity index (χ0) is 34.0. The van der Waals surface area contributed by atoms with Crippen molar-refractivity contribution in [1.29, 1.82) is 0 Å². The predicted octanol–water partition coefficient (Wildman–Crippen LogP) is 3.42. The standard InChI is InChI=1S/C16H28O8.C8H16O2.C3H4O3.C3H8O2.2CH4/c1-11(18)8-21-16(20)24-12(2)9-22-15(19)23-10-14-5-3-13(7-17)4-6-14;9-5-7-1-2-8(6-10)4-3-7;4-3-5-1-2-6-3;1-3(5)2-4;;/h11-14,17-18H,3-10H2,1-2H3;7-10H,1-6H2;1-2H2;3-5H,2H2,1H3;2*1H4. The van der Waals surface area contributed by atoms with Gasteiger partial charge in [0.25, 0.3) is 0 Å². The lowest BCUT2D eigenvalue weighted by atomic mass is 9.83. The Labute approximate surface area is 280 Å². The molecule has 6 N–H and O–H groups in total. The molecule has 3 fully saturated rings. The summed E-state index contributed by atoms with van der Waals surface area (Å²) in [5, 5.41) is 51.6. The maximum Gasteiger partial charge on any atom is 0.508 e. The van der Waals surface area contributed by atoms with Crippen LogP contribution >= 0.6 is 0 Å². The van der Waals surface area contributed by atoms with Crippen LogP contribution in [0.4, 0.5) is 14.4 Å². The van der Waals surface area contributed by atoms with Gasteiger partial charge in [0.1, 0.15) is 32.5 Å². The van der Waals surface area contributed by atoms with Crippen molar-refractivity contribution in [2.45, 2.75) is 105 Å². The molecule has 15 heteroatoms. The van der Waals surface area contributed by atoms with Crippen LogP contribution in [0, 0.1) is 23.7 Å². The Morgan fingerprint density at radius 3 is 1.36 bits per heavy atom. The first kappa shape index (κ1) is 49.0. The van der Waals surface area contributed by atoms with Crippen molar-refractivity contribution in [2.24, 2.45) is 23.7 Å². The smallest absolute Gasteiger partial charge is 0.434 e. The van der Waals surface area contributed by atoms with Crippen LogP contribution in [0.5, 0.6) is 0 Å². The Balaban J connectivity index is -0.000000684. The van der Waals surface area contributed by atoms with E-state index in [2.05, 4.69) is 14.2 Å². The van der Waals surface area contributed by atoms with Gasteiger partial charge in [-0.2, -0.15) is 0 Å². The highest BCUT2D eigenvalue weighted by Gasteiger charge is 2.23. The molecule has 282 valence electrons. The minimum atomic E-state index is -0.930. The molecule has 3 rings (SSSR count). The topological polar surface area (TPSA) is 228 Å². The molecular formula is C32H64O15. The molecule has 2 aliphatic carbocycles. The number of rotatable bonds is 11. The third-order valence-corrected chi connectivity index (χ3v) is 7.11. The van der Waals surface area contributed by atoms with Gasteiger partial charge in [-0.15, -0.1) is 0 Å². The number of cyclic esters (lactones) is 2. The highest BCUT2D eigenvalue weighted by molar-refractivity contribution is 5.61. The number of hydrogen-bond donors (Lipinski definition) is 6. The van der Waals surface area contributed by atoms with Crippen LogP contribution in [0.1, 0.15) is 87.0 Å². The van der Waals surface area contributed by atoms with Crippen LogP contribution in [0.2, 0.25) is 0 Å². The second-order valence-corrected chi connectivity index (χ2v) is 11.5. The second-order valence-electron chi connectivity index (χ2n) is 11.5. The fourth-order valence-corrected chi connectivity index (χ4v) is 4.30. The van der Waals surface area contributed by atoms with Gasteiger partial charge in [-0.25, -0.2) is 14.4 Å². The summed E-state index contributed by atoms with van der Waals surface area (Å²) in [6.45, 7) is 6.12. The van der Waals surface area contributed by atoms with E-state index in [-0.39, 0.29) is 41.3 Å². The summed E-state index contributed by atoms with van der Waals surface area (Å²) >= 11 is 0. The largest absolute Gasteiger partial charge is 0.508 e. The number of carbonyl (C=O) groups is 3. The van der Waals surface area contributed by atoms with E-state index >= 15 is 0 Å². The monoisotopic (exact) mass is 688 g/mol. The van der Waals surface area contributed by atoms with Crippen molar-refractivity contribution in [1.82, 2.24) is 0 Å². The molecule has 0 amide bonds. The van der Waals surface area contributed by atoms with Crippen LogP contribution in [0.15, 0.2) is 0 Å². The predicted molar refractivity (Wildman–Crippen MR) is 173 cm³/mol. The van der Waals surface area contributed by atoms with Crippen molar-refractivity contribution in [3.05, 3.63) is 0 Å². The van der Waals surface area contributed by atoms with Crippen molar-refractivity contribution < 1.29 is 73.4 Å². The van der Waals surface area contributed by atoms with Crippen LogP contribution < -0.4 is 0 Å². The van der Waals surface area contributed by atoms with Crippen molar-refractivity contribution in [2.75, 3.05) is 59.5 Å². The van der Waals surface area contributed by atoms with Gasteiger partial charge >= 0.3 is 18.5 Å². The van der Waals surface area contributed by atoms with Gasteiger partial charge in [0.2, 0.25) is 0 Å². The van der Waals surface area contributed by atoms with Gasteiger partial charge in [0, 0.05) is 19.8 Å². The summed E-state index contributed by atoms with van der Waals surface area (Å²) in [5.41, 5.74) is 0. The molecule has 0 spiro atoms. The fraction of sp³-hybridized carbons (Fsp3) is 0.906. The maximum absolute atomic E-state index is 11.5. The summed E-state index contributed by atoms with van der Waals surface area (Å²) in [4.78, 5) is 32.6. The lowest BCUT2D eigenvalue weighted by Gasteiger charge is -2.26. The molecule has 15 nitrogen and oxygen atoms in total. The Morgan fingerprint density at radius 2 is 1.04 bits per heavy atom. The van der Waals surface area contributed by atoms with Gasteiger partial charge in [0.05, 0.1) is 25.4 Å². The van der Waals surface area contributed by atoms with E-state index in [1.54, 1.807) is 6.92 Å². The molecule has 0 radical (unpaired) electrons. The highest BCUT2D eigenvalue weighted by atomic mass is 16.8. The molecule has 3 unspecified atom stereocenters. The summed E-state index contributed by atoms with van der Waals surface area (Å²) in [6, 6.07) is 0. The van der Waals surface area contributed by atoms with E-state index in [0.29, 0.717) is 56.7 Å². The normalized spacial score (nSPS) is 23.1. The molecule has 47 heavy (non-hydrogen) atoms. The van der Waals surface area contributed by atoms with Gasteiger partial charge in [-0.05, 0) is 95.8 Å². The summed E-state index contributed by atoms with van der Waals surface area (Å²) in [6.07, 6.45) is 3.84. The first-order chi connectivity index (χ1) is 21.4. The van der Waals surface area contributed by atoms with Crippen molar-refractivity contribution in [3.63, 3.8) is 0 Å². The number of ether oxygens (including phenoxy) is 6. The van der Waals surface area contributed by atoms with Crippen LogP contribution in [0.25, 0.3) is 0 Å². The minimum Gasteiger partial charge on any atom is -0.434 e. The number of aliphatic hydroxyl groups excluding tert-OH is 6. The first-order valence-corrected chi connectivity index (χ1v) is 15.7. The van der Waals surface area contributed by atoms with E-state index in [9.17, 15) is 14.4 Å². The van der Waals surface area contributed by atoms with E-state index in [4.69, 9.17) is 44.8 Å². The van der Waals surface area contributed by atoms with Gasteiger partial charge in [-0.1, -0.05) is 14.9 Å². The zero-order valence-corrected chi connectivity index (χ0v) is 26.9. The summed E-state index contributed by atoms with van der Waals surface area (Å²) < 4.78 is 28.0. The molecule has 1 heterocycles.